The molecule has 0 spiro atoms. The SMILES string of the molecule is COc1ccccc1-c1c(C)oc2c(C[NH+]3CCC[C@H](C)C3)c(O)ccc2c1=O. The van der Waals surface area contributed by atoms with E-state index in [0.717, 1.165) is 18.7 Å². The number of para-hydroxylation sites is 1. The molecule has 0 aliphatic carbocycles. The van der Waals surface area contributed by atoms with Crippen molar-refractivity contribution in [1.29, 1.82) is 0 Å². The molecule has 2 N–H and O–H groups in total. The van der Waals surface area contributed by atoms with E-state index in [1.54, 1.807) is 26.2 Å². The summed E-state index contributed by atoms with van der Waals surface area (Å²) < 4.78 is 11.6. The van der Waals surface area contributed by atoms with E-state index in [9.17, 15) is 9.90 Å². The second-order valence-electron chi connectivity index (χ2n) is 8.13. The van der Waals surface area contributed by atoms with E-state index in [4.69, 9.17) is 9.15 Å². The predicted molar refractivity (Wildman–Crippen MR) is 114 cm³/mol. The van der Waals surface area contributed by atoms with Crippen LogP contribution in [0.1, 0.15) is 31.1 Å². The molecule has 1 fully saturated rings. The first kappa shape index (κ1) is 19.5. The molecule has 2 heterocycles. The molecule has 4 rings (SSSR count). The van der Waals surface area contributed by atoms with Gasteiger partial charge in [-0.25, -0.2) is 0 Å². The van der Waals surface area contributed by atoms with Gasteiger partial charge in [-0.15, -0.1) is 0 Å². The Hall–Kier alpha value is -2.79. The first-order valence-electron chi connectivity index (χ1n) is 10.2. The highest BCUT2D eigenvalue weighted by Crippen LogP contribution is 2.33. The molecule has 1 unspecified atom stereocenters. The lowest BCUT2D eigenvalue weighted by molar-refractivity contribution is -0.922. The molecule has 3 aromatic rings. The second kappa shape index (κ2) is 7.91. The highest BCUT2D eigenvalue weighted by molar-refractivity contribution is 5.87. The van der Waals surface area contributed by atoms with Gasteiger partial charge >= 0.3 is 0 Å². The molecule has 2 aromatic carbocycles. The van der Waals surface area contributed by atoms with Crippen LogP contribution < -0.4 is 15.1 Å². The zero-order chi connectivity index (χ0) is 20.5. The van der Waals surface area contributed by atoms with Crippen molar-refractivity contribution in [3.63, 3.8) is 0 Å². The Morgan fingerprint density at radius 2 is 2.03 bits per heavy atom. The molecule has 5 heteroatoms. The standard InChI is InChI=1S/C24H27NO4/c1-15-7-6-12-25(13-15)14-19-20(26)11-10-18-23(27)22(16(2)29-24(18)19)17-8-4-5-9-21(17)28-3/h4-5,8-11,15,26H,6-7,12-14H2,1-3H3/p+1/t15-/m0/s1. The number of fused-ring (bicyclic) bond motifs is 1. The van der Waals surface area contributed by atoms with E-state index in [1.807, 2.05) is 24.3 Å². The fourth-order valence-corrected chi connectivity index (χ4v) is 4.55. The number of phenols is 1. The average Bonchev–Trinajstić information content (AvgIpc) is 2.71. The van der Waals surface area contributed by atoms with Crippen LogP contribution in [0.5, 0.6) is 11.5 Å². The Morgan fingerprint density at radius 1 is 1.24 bits per heavy atom. The molecule has 1 aliphatic rings. The monoisotopic (exact) mass is 394 g/mol. The molecule has 29 heavy (non-hydrogen) atoms. The van der Waals surface area contributed by atoms with Crippen LogP contribution in [0.4, 0.5) is 0 Å². The smallest absolute Gasteiger partial charge is 0.200 e. The molecular weight excluding hydrogens is 366 g/mol. The van der Waals surface area contributed by atoms with E-state index in [1.165, 1.54) is 17.7 Å². The minimum atomic E-state index is -0.100. The minimum absolute atomic E-state index is 0.100. The van der Waals surface area contributed by atoms with Crippen LogP contribution >= 0.6 is 0 Å². The molecule has 1 aliphatic heterocycles. The van der Waals surface area contributed by atoms with Crippen LogP contribution in [0, 0.1) is 12.8 Å². The average molecular weight is 394 g/mol. The van der Waals surface area contributed by atoms with Crippen LogP contribution in [0.25, 0.3) is 22.1 Å². The summed E-state index contributed by atoms with van der Waals surface area (Å²) in [4.78, 5) is 14.8. The topological polar surface area (TPSA) is 64.1 Å². The Morgan fingerprint density at radius 3 is 2.79 bits per heavy atom. The maximum Gasteiger partial charge on any atom is 0.200 e. The number of ether oxygens (including phenoxy) is 1. The van der Waals surface area contributed by atoms with Crippen molar-refractivity contribution in [2.45, 2.75) is 33.2 Å². The summed E-state index contributed by atoms with van der Waals surface area (Å²) in [5.74, 6) is 2.02. The summed E-state index contributed by atoms with van der Waals surface area (Å²) in [6, 6.07) is 10.7. The summed E-state index contributed by atoms with van der Waals surface area (Å²) in [5, 5.41) is 11.1. The van der Waals surface area contributed by atoms with Crippen molar-refractivity contribution in [3.8, 4) is 22.6 Å². The highest BCUT2D eigenvalue weighted by Gasteiger charge is 2.25. The Balaban J connectivity index is 1.86. The van der Waals surface area contributed by atoms with Gasteiger partial charge in [0.05, 0.1) is 36.7 Å². The number of hydrogen-bond acceptors (Lipinski definition) is 4. The number of nitrogens with one attached hydrogen (secondary N) is 1. The number of aryl methyl sites for hydroxylation is 1. The van der Waals surface area contributed by atoms with Crippen molar-refractivity contribution in [2.75, 3.05) is 20.2 Å². The second-order valence-corrected chi connectivity index (χ2v) is 8.13. The van der Waals surface area contributed by atoms with E-state index < -0.39 is 0 Å². The van der Waals surface area contributed by atoms with Crippen molar-refractivity contribution in [3.05, 3.63) is 57.9 Å². The van der Waals surface area contributed by atoms with Gasteiger partial charge in [-0.1, -0.05) is 25.1 Å². The molecule has 0 amide bonds. The van der Waals surface area contributed by atoms with E-state index in [-0.39, 0.29) is 11.2 Å². The van der Waals surface area contributed by atoms with Gasteiger partial charge in [0.15, 0.2) is 5.58 Å². The number of piperidine rings is 1. The summed E-state index contributed by atoms with van der Waals surface area (Å²) in [6.45, 7) is 6.86. The van der Waals surface area contributed by atoms with Crippen LogP contribution in [-0.4, -0.2) is 25.3 Å². The van der Waals surface area contributed by atoms with Crippen molar-refractivity contribution in [2.24, 2.45) is 5.92 Å². The number of rotatable bonds is 4. The van der Waals surface area contributed by atoms with Gasteiger partial charge in [0.25, 0.3) is 0 Å². The van der Waals surface area contributed by atoms with Crippen molar-refractivity contribution >= 4 is 11.0 Å². The van der Waals surface area contributed by atoms with E-state index >= 15 is 0 Å². The van der Waals surface area contributed by atoms with Crippen molar-refractivity contribution in [1.82, 2.24) is 0 Å². The largest absolute Gasteiger partial charge is 0.507 e. The third-order valence-corrected chi connectivity index (χ3v) is 5.98. The minimum Gasteiger partial charge on any atom is -0.507 e. The van der Waals surface area contributed by atoms with Gasteiger partial charge < -0.3 is 19.2 Å². The summed E-state index contributed by atoms with van der Waals surface area (Å²) >= 11 is 0. The third kappa shape index (κ3) is 3.62. The number of benzene rings is 2. The quantitative estimate of drug-likeness (QED) is 0.713. The number of aromatic hydroxyl groups is 1. The number of phenolic OH excluding ortho intramolecular Hbond substituents is 1. The molecule has 1 aromatic heterocycles. The highest BCUT2D eigenvalue weighted by atomic mass is 16.5. The Kier molecular flexibility index (Phi) is 5.33. The number of likely N-dealkylation sites (tertiary alicyclic amines) is 1. The summed E-state index contributed by atoms with van der Waals surface area (Å²) in [7, 11) is 1.59. The molecule has 5 nitrogen and oxygen atoms in total. The zero-order valence-electron chi connectivity index (χ0n) is 17.2. The maximum atomic E-state index is 13.4. The lowest BCUT2D eigenvalue weighted by atomic mass is 9.98. The van der Waals surface area contributed by atoms with E-state index in [2.05, 4.69) is 6.92 Å². The third-order valence-electron chi connectivity index (χ3n) is 5.98. The zero-order valence-corrected chi connectivity index (χ0v) is 17.2. The van der Waals surface area contributed by atoms with E-state index in [0.29, 0.717) is 46.1 Å². The van der Waals surface area contributed by atoms with Crippen LogP contribution in [0.15, 0.2) is 45.6 Å². The van der Waals surface area contributed by atoms with Crippen LogP contribution in [-0.2, 0) is 6.54 Å². The molecule has 0 saturated carbocycles. The van der Waals surface area contributed by atoms with Gasteiger partial charge in [-0.3, -0.25) is 4.79 Å². The molecule has 0 radical (unpaired) electrons. The molecule has 2 atom stereocenters. The van der Waals surface area contributed by atoms with Gasteiger partial charge in [-0.05, 0) is 38.0 Å². The molecular formula is C24H28NO4+. The lowest BCUT2D eigenvalue weighted by Gasteiger charge is -2.28. The van der Waals surface area contributed by atoms with Gasteiger partial charge in [0.1, 0.15) is 23.8 Å². The van der Waals surface area contributed by atoms with Gasteiger partial charge in [0, 0.05) is 11.5 Å². The fourth-order valence-electron chi connectivity index (χ4n) is 4.55. The van der Waals surface area contributed by atoms with Crippen molar-refractivity contribution < 1.29 is 19.2 Å². The number of hydrogen-bond donors (Lipinski definition) is 2. The first-order valence-corrected chi connectivity index (χ1v) is 10.2. The number of methoxy groups -OCH3 is 1. The summed E-state index contributed by atoms with van der Waals surface area (Å²) in [5.41, 5.74) is 2.34. The number of quaternary nitrogens is 1. The predicted octanol–water partition coefficient (Wildman–Crippen LogP) is 3.30. The normalized spacial score (nSPS) is 19.4. The van der Waals surface area contributed by atoms with Gasteiger partial charge in [-0.2, -0.15) is 0 Å². The maximum absolute atomic E-state index is 13.4. The van der Waals surface area contributed by atoms with Gasteiger partial charge in [0.2, 0.25) is 5.43 Å². The Bertz CT molecular complexity index is 1100. The molecule has 152 valence electrons. The lowest BCUT2D eigenvalue weighted by Crippen LogP contribution is -3.12. The molecule has 1 saturated heterocycles. The summed E-state index contributed by atoms with van der Waals surface area (Å²) in [6.07, 6.45) is 2.43. The Labute approximate surface area is 170 Å². The van der Waals surface area contributed by atoms with Crippen LogP contribution in [0.3, 0.4) is 0 Å². The fraction of sp³-hybridized carbons (Fsp3) is 0.375. The molecule has 0 bridgehead atoms. The first-order chi connectivity index (χ1) is 14.0. The van der Waals surface area contributed by atoms with Crippen LogP contribution in [0.2, 0.25) is 0 Å².